The summed E-state index contributed by atoms with van der Waals surface area (Å²) in [5.41, 5.74) is 1.47. The minimum Gasteiger partial charge on any atom is -0.427 e. The van der Waals surface area contributed by atoms with Crippen molar-refractivity contribution in [1.29, 1.82) is 0 Å². The van der Waals surface area contributed by atoms with Gasteiger partial charge in [-0.2, -0.15) is 0 Å². The molecular weight excluding hydrogens is 330 g/mol. The Hall–Kier alpha value is -2.63. The molecule has 0 N–H and O–H groups in total. The summed E-state index contributed by atoms with van der Waals surface area (Å²) in [6.07, 6.45) is 6.88. The van der Waals surface area contributed by atoms with E-state index < -0.39 is 5.63 Å². The molecule has 6 nitrogen and oxygen atoms in total. The van der Waals surface area contributed by atoms with Crippen LogP contribution in [0.15, 0.2) is 39.8 Å². The van der Waals surface area contributed by atoms with Crippen LogP contribution in [0.2, 0.25) is 0 Å². The third-order valence-electron chi connectivity index (χ3n) is 5.47. The molecule has 1 aliphatic heterocycles. The Bertz CT molecular complexity index is 850. The second-order valence-corrected chi connectivity index (χ2v) is 7.11. The third-order valence-corrected chi connectivity index (χ3v) is 5.47. The maximum Gasteiger partial charge on any atom is 0.349 e. The molecule has 3 heterocycles. The van der Waals surface area contributed by atoms with Gasteiger partial charge in [-0.1, -0.05) is 6.42 Å². The average molecular weight is 353 g/mol. The quantitative estimate of drug-likeness (QED) is 0.848. The van der Waals surface area contributed by atoms with Gasteiger partial charge in [0.05, 0.1) is 11.9 Å². The zero-order chi connectivity index (χ0) is 18.1. The number of hydrogen-bond donors (Lipinski definition) is 0. The summed E-state index contributed by atoms with van der Waals surface area (Å²) < 4.78 is 5.47. The van der Waals surface area contributed by atoms with Gasteiger partial charge in [0.2, 0.25) is 0 Å². The molecular formula is C20H23N3O3. The lowest BCUT2D eigenvalue weighted by molar-refractivity contribution is 0.0740. The molecule has 6 heteroatoms. The summed E-state index contributed by atoms with van der Waals surface area (Å²) in [6, 6.07) is 5.80. The van der Waals surface area contributed by atoms with Crippen LogP contribution in [-0.4, -0.2) is 42.0 Å². The monoisotopic (exact) mass is 353 g/mol. The number of carbonyl (C=O) groups excluding carboxylic acids is 1. The number of hydrogen-bond acceptors (Lipinski definition) is 5. The van der Waals surface area contributed by atoms with Crippen LogP contribution in [0.3, 0.4) is 0 Å². The maximum absolute atomic E-state index is 12.9. The molecule has 1 amide bonds. The lowest BCUT2D eigenvalue weighted by atomic mass is 9.83. The van der Waals surface area contributed by atoms with Gasteiger partial charge in [0.15, 0.2) is 0 Å². The van der Waals surface area contributed by atoms with Gasteiger partial charge in [-0.25, -0.2) is 4.79 Å². The number of aryl methyl sites for hydroxylation is 1. The maximum atomic E-state index is 12.9. The van der Waals surface area contributed by atoms with Gasteiger partial charge < -0.3 is 14.2 Å². The molecule has 0 aromatic carbocycles. The van der Waals surface area contributed by atoms with Crippen LogP contribution in [0.1, 0.15) is 46.9 Å². The molecule has 2 aromatic rings. The van der Waals surface area contributed by atoms with Gasteiger partial charge in [-0.05, 0) is 43.5 Å². The van der Waals surface area contributed by atoms with Gasteiger partial charge in [-0.15, -0.1) is 0 Å². The molecule has 4 rings (SSSR count). The number of piperazine rings is 1. The minimum atomic E-state index is -0.494. The number of pyridine rings is 1. The van der Waals surface area contributed by atoms with Gasteiger partial charge >= 0.3 is 5.63 Å². The van der Waals surface area contributed by atoms with Crippen molar-refractivity contribution in [2.45, 2.75) is 32.1 Å². The molecule has 0 spiro atoms. The highest BCUT2D eigenvalue weighted by Crippen LogP contribution is 2.36. The van der Waals surface area contributed by atoms with Gasteiger partial charge in [0.25, 0.3) is 5.91 Å². The molecule has 1 saturated carbocycles. The smallest absolute Gasteiger partial charge is 0.349 e. The molecule has 136 valence electrons. The molecule has 0 atom stereocenters. The van der Waals surface area contributed by atoms with E-state index in [0.717, 1.165) is 42.9 Å². The highest BCUT2D eigenvalue weighted by Gasteiger charge is 2.28. The van der Waals surface area contributed by atoms with Crippen molar-refractivity contribution >= 4 is 11.6 Å². The summed E-state index contributed by atoms with van der Waals surface area (Å²) in [7, 11) is 0. The topological polar surface area (TPSA) is 66.7 Å². The molecule has 2 aromatic heterocycles. The first-order chi connectivity index (χ1) is 12.6. The first-order valence-electron chi connectivity index (χ1n) is 9.22. The molecule has 1 aliphatic carbocycles. The second-order valence-electron chi connectivity index (χ2n) is 7.11. The van der Waals surface area contributed by atoms with Crippen LogP contribution in [0.25, 0.3) is 0 Å². The zero-order valence-corrected chi connectivity index (χ0v) is 15.0. The van der Waals surface area contributed by atoms with Gasteiger partial charge in [0.1, 0.15) is 11.3 Å². The Kier molecular flexibility index (Phi) is 4.49. The Labute approximate surface area is 152 Å². The number of anilines is 1. The second kappa shape index (κ2) is 6.94. The first kappa shape index (κ1) is 16.8. The lowest BCUT2D eigenvalue weighted by Crippen LogP contribution is -2.49. The standard InChI is InChI=1S/C20H23N3O3/c1-14-12-17(15-4-2-5-15)26-20(25)18(14)19(24)23-10-8-22(9-11-23)16-6-3-7-21-13-16/h3,6-7,12-13,15H,2,4-5,8-11H2,1H3. The first-order valence-corrected chi connectivity index (χ1v) is 9.22. The Balaban J connectivity index is 1.48. The van der Waals surface area contributed by atoms with E-state index in [0.29, 0.717) is 19.0 Å². The van der Waals surface area contributed by atoms with Crippen molar-refractivity contribution in [2.75, 3.05) is 31.1 Å². The largest absolute Gasteiger partial charge is 0.427 e. The summed E-state index contributed by atoms with van der Waals surface area (Å²) in [5, 5.41) is 0. The Morgan fingerprint density at radius 3 is 2.58 bits per heavy atom. The minimum absolute atomic E-state index is 0.183. The van der Waals surface area contributed by atoms with E-state index in [2.05, 4.69) is 9.88 Å². The summed E-state index contributed by atoms with van der Waals surface area (Å²) >= 11 is 0. The SMILES string of the molecule is Cc1cc(C2CCC2)oc(=O)c1C(=O)N1CCN(c2cccnc2)CC1. The number of amides is 1. The van der Waals surface area contributed by atoms with Crippen LogP contribution >= 0.6 is 0 Å². The fourth-order valence-corrected chi connectivity index (χ4v) is 3.65. The molecule has 0 unspecified atom stereocenters. The van der Waals surface area contributed by atoms with Crippen LogP contribution in [0.5, 0.6) is 0 Å². The van der Waals surface area contributed by atoms with Crippen LogP contribution in [0, 0.1) is 6.92 Å². The number of carbonyl (C=O) groups is 1. The molecule has 1 saturated heterocycles. The molecule has 2 fully saturated rings. The van der Waals surface area contributed by atoms with Gasteiger partial charge in [-0.3, -0.25) is 9.78 Å². The van der Waals surface area contributed by atoms with Crippen molar-refractivity contribution in [3.05, 3.63) is 57.9 Å². The molecule has 0 bridgehead atoms. The molecule has 2 aliphatic rings. The predicted octanol–water partition coefficient (Wildman–Crippen LogP) is 2.57. The Morgan fingerprint density at radius 1 is 1.23 bits per heavy atom. The van der Waals surface area contributed by atoms with Crippen molar-refractivity contribution < 1.29 is 9.21 Å². The summed E-state index contributed by atoms with van der Waals surface area (Å²) in [5.74, 6) is 0.854. The van der Waals surface area contributed by atoms with E-state index in [1.807, 2.05) is 31.3 Å². The number of rotatable bonds is 3. The zero-order valence-electron chi connectivity index (χ0n) is 15.0. The van der Waals surface area contributed by atoms with E-state index in [1.165, 1.54) is 6.42 Å². The Morgan fingerprint density at radius 2 is 2.00 bits per heavy atom. The van der Waals surface area contributed by atoms with E-state index in [9.17, 15) is 9.59 Å². The van der Waals surface area contributed by atoms with Crippen molar-refractivity contribution in [2.24, 2.45) is 0 Å². The van der Waals surface area contributed by atoms with Crippen LogP contribution in [0.4, 0.5) is 5.69 Å². The normalized spacial score (nSPS) is 17.9. The summed E-state index contributed by atoms with van der Waals surface area (Å²) in [4.78, 5) is 33.4. The van der Waals surface area contributed by atoms with Crippen molar-refractivity contribution in [3.8, 4) is 0 Å². The number of nitrogens with zero attached hydrogens (tertiary/aromatic N) is 3. The number of aromatic nitrogens is 1. The van der Waals surface area contributed by atoms with E-state index in [-0.39, 0.29) is 11.5 Å². The molecule has 0 radical (unpaired) electrons. The van der Waals surface area contributed by atoms with E-state index >= 15 is 0 Å². The van der Waals surface area contributed by atoms with E-state index in [1.54, 1.807) is 11.1 Å². The van der Waals surface area contributed by atoms with Crippen LogP contribution in [-0.2, 0) is 0 Å². The highest BCUT2D eigenvalue weighted by molar-refractivity contribution is 5.95. The third kappa shape index (κ3) is 3.11. The fraction of sp³-hybridized carbons (Fsp3) is 0.450. The van der Waals surface area contributed by atoms with Crippen molar-refractivity contribution in [1.82, 2.24) is 9.88 Å². The van der Waals surface area contributed by atoms with Crippen LogP contribution < -0.4 is 10.5 Å². The predicted molar refractivity (Wildman–Crippen MR) is 98.7 cm³/mol. The molecule has 26 heavy (non-hydrogen) atoms. The van der Waals surface area contributed by atoms with E-state index in [4.69, 9.17) is 4.42 Å². The summed E-state index contributed by atoms with van der Waals surface area (Å²) in [6.45, 7) is 4.44. The highest BCUT2D eigenvalue weighted by atomic mass is 16.4. The fourth-order valence-electron chi connectivity index (χ4n) is 3.65. The lowest BCUT2D eigenvalue weighted by Gasteiger charge is -2.36. The average Bonchev–Trinajstić information content (AvgIpc) is 2.60. The van der Waals surface area contributed by atoms with Gasteiger partial charge in [0, 0.05) is 38.3 Å². The van der Waals surface area contributed by atoms with Crippen molar-refractivity contribution in [3.63, 3.8) is 0 Å².